The summed E-state index contributed by atoms with van der Waals surface area (Å²) in [6.45, 7) is 3.72. The second kappa shape index (κ2) is 8.42. The number of aliphatic hydroxyl groups is 2. The van der Waals surface area contributed by atoms with Crippen LogP contribution in [-0.2, 0) is 11.3 Å². The molecule has 0 fully saturated rings. The van der Waals surface area contributed by atoms with Crippen molar-refractivity contribution in [3.8, 4) is 0 Å². The predicted octanol–water partition coefficient (Wildman–Crippen LogP) is 2.02. The van der Waals surface area contributed by atoms with Crippen molar-refractivity contribution in [2.24, 2.45) is 0 Å². The summed E-state index contributed by atoms with van der Waals surface area (Å²) in [5.74, 6) is 0. The van der Waals surface area contributed by atoms with E-state index >= 15 is 0 Å². The molecule has 0 aliphatic rings. The Morgan fingerprint density at radius 2 is 1.96 bits per heavy atom. The first kappa shape index (κ1) is 17.9. The third-order valence-corrected chi connectivity index (χ3v) is 3.57. The second-order valence-corrected chi connectivity index (χ2v) is 5.67. The molecule has 0 saturated carbocycles. The van der Waals surface area contributed by atoms with E-state index in [9.17, 15) is 15.0 Å². The number of carbonyl (C=O) groups is 1. The number of rotatable bonds is 6. The molecule has 0 radical (unpaired) electrons. The lowest BCUT2D eigenvalue weighted by atomic mass is 10.0. The van der Waals surface area contributed by atoms with Crippen LogP contribution in [0.25, 0.3) is 0 Å². The Labute approximate surface area is 141 Å². The van der Waals surface area contributed by atoms with E-state index in [1.54, 1.807) is 6.20 Å². The van der Waals surface area contributed by atoms with Crippen LogP contribution in [0.3, 0.4) is 0 Å². The Balaban J connectivity index is 1.81. The van der Waals surface area contributed by atoms with E-state index in [1.807, 2.05) is 50.2 Å². The number of aryl methyl sites for hydroxylation is 2. The molecule has 24 heavy (non-hydrogen) atoms. The molecule has 0 saturated heterocycles. The second-order valence-electron chi connectivity index (χ2n) is 5.67. The quantitative estimate of drug-likeness (QED) is 0.754. The van der Waals surface area contributed by atoms with Gasteiger partial charge in [-0.1, -0.05) is 36.4 Å². The van der Waals surface area contributed by atoms with Gasteiger partial charge in [0.1, 0.15) is 18.8 Å². The van der Waals surface area contributed by atoms with E-state index in [2.05, 4.69) is 10.3 Å². The number of hydrogen-bond acceptors (Lipinski definition) is 5. The highest BCUT2D eigenvalue weighted by molar-refractivity contribution is 5.67. The number of hydrogen-bond donors (Lipinski definition) is 3. The van der Waals surface area contributed by atoms with Gasteiger partial charge in [0, 0.05) is 12.7 Å². The van der Waals surface area contributed by atoms with Crippen LogP contribution in [0.15, 0.2) is 42.6 Å². The highest BCUT2D eigenvalue weighted by atomic mass is 16.5. The fourth-order valence-electron chi connectivity index (χ4n) is 2.29. The van der Waals surface area contributed by atoms with Gasteiger partial charge >= 0.3 is 6.09 Å². The highest BCUT2D eigenvalue weighted by Gasteiger charge is 2.22. The normalized spacial score (nSPS) is 13.2. The van der Waals surface area contributed by atoms with Crippen LogP contribution >= 0.6 is 0 Å². The van der Waals surface area contributed by atoms with Crippen LogP contribution in [-0.4, -0.2) is 33.9 Å². The number of amides is 1. The first-order valence-corrected chi connectivity index (χ1v) is 7.71. The highest BCUT2D eigenvalue weighted by Crippen LogP contribution is 2.19. The minimum Gasteiger partial charge on any atom is -0.445 e. The summed E-state index contributed by atoms with van der Waals surface area (Å²) in [5, 5.41) is 22.7. The minimum absolute atomic E-state index is 0.135. The van der Waals surface area contributed by atoms with Gasteiger partial charge in [-0.25, -0.2) is 4.79 Å². The van der Waals surface area contributed by atoms with Crippen molar-refractivity contribution < 1.29 is 19.7 Å². The number of nitrogens with one attached hydrogen (secondary N) is 1. The summed E-state index contributed by atoms with van der Waals surface area (Å²) in [6.07, 6.45) is -1.39. The Kier molecular flexibility index (Phi) is 6.28. The van der Waals surface area contributed by atoms with Crippen molar-refractivity contribution >= 4 is 6.09 Å². The van der Waals surface area contributed by atoms with Gasteiger partial charge in [-0.15, -0.1) is 0 Å². The molecule has 2 unspecified atom stereocenters. The van der Waals surface area contributed by atoms with Gasteiger partial charge in [0.05, 0.1) is 5.69 Å². The van der Waals surface area contributed by atoms with E-state index in [1.165, 1.54) is 0 Å². The van der Waals surface area contributed by atoms with Crippen molar-refractivity contribution in [1.82, 2.24) is 10.3 Å². The van der Waals surface area contributed by atoms with E-state index < -0.39 is 18.3 Å². The Morgan fingerprint density at radius 3 is 2.62 bits per heavy atom. The smallest absolute Gasteiger partial charge is 0.407 e. The van der Waals surface area contributed by atoms with Gasteiger partial charge in [-0.3, -0.25) is 4.98 Å². The van der Waals surface area contributed by atoms with Gasteiger partial charge in [0.15, 0.2) is 0 Å². The Morgan fingerprint density at radius 1 is 1.25 bits per heavy atom. The van der Waals surface area contributed by atoms with Gasteiger partial charge < -0.3 is 20.3 Å². The van der Waals surface area contributed by atoms with Crippen LogP contribution in [0, 0.1) is 13.8 Å². The molecule has 1 aromatic heterocycles. The molecule has 2 aromatic rings. The fraction of sp³-hybridized carbons (Fsp3) is 0.333. The third-order valence-electron chi connectivity index (χ3n) is 3.57. The SMILES string of the molecule is Cc1cnc(C(O)C(O)CNC(=O)OCc2ccccc2)c(C)c1. The Bertz CT molecular complexity index is 676. The maximum Gasteiger partial charge on any atom is 0.407 e. The number of aromatic nitrogens is 1. The van der Waals surface area contributed by atoms with Crippen LogP contribution in [0.4, 0.5) is 4.79 Å². The maximum atomic E-state index is 11.6. The molecule has 3 N–H and O–H groups in total. The zero-order valence-electron chi connectivity index (χ0n) is 13.8. The number of benzene rings is 1. The molecule has 6 heteroatoms. The predicted molar refractivity (Wildman–Crippen MR) is 89.3 cm³/mol. The average molecular weight is 330 g/mol. The summed E-state index contributed by atoms with van der Waals surface area (Å²) in [7, 11) is 0. The number of aliphatic hydroxyl groups excluding tert-OH is 2. The largest absolute Gasteiger partial charge is 0.445 e. The van der Waals surface area contributed by atoms with E-state index in [0.29, 0.717) is 5.69 Å². The average Bonchev–Trinajstić information content (AvgIpc) is 2.58. The van der Waals surface area contributed by atoms with Crippen molar-refractivity contribution in [3.63, 3.8) is 0 Å². The number of ether oxygens (including phenoxy) is 1. The zero-order valence-corrected chi connectivity index (χ0v) is 13.8. The van der Waals surface area contributed by atoms with E-state index in [0.717, 1.165) is 16.7 Å². The van der Waals surface area contributed by atoms with Crippen LogP contribution in [0.2, 0.25) is 0 Å². The summed E-state index contributed by atoms with van der Waals surface area (Å²) in [6, 6.07) is 11.2. The number of carbonyl (C=O) groups excluding carboxylic acids is 1. The summed E-state index contributed by atoms with van der Waals surface area (Å²) in [4.78, 5) is 15.8. The van der Waals surface area contributed by atoms with E-state index in [4.69, 9.17) is 4.74 Å². The third kappa shape index (κ3) is 5.04. The molecule has 2 atom stereocenters. The maximum absolute atomic E-state index is 11.6. The lowest BCUT2D eigenvalue weighted by molar-refractivity contribution is 0.0155. The number of alkyl carbamates (subject to hydrolysis) is 1. The molecule has 1 aromatic carbocycles. The lowest BCUT2D eigenvalue weighted by Gasteiger charge is -2.19. The molecule has 6 nitrogen and oxygen atoms in total. The zero-order chi connectivity index (χ0) is 17.5. The van der Waals surface area contributed by atoms with Crippen LogP contribution in [0.1, 0.15) is 28.5 Å². The Hall–Kier alpha value is -2.44. The molecule has 0 aliphatic heterocycles. The number of pyridine rings is 1. The van der Waals surface area contributed by atoms with Gasteiger partial charge in [-0.2, -0.15) is 0 Å². The van der Waals surface area contributed by atoms with Crippen LogP contribution < -0.4 is 5.32 Å². The van der Waals surface area contributed by atoms with Crippen molar-refractivity contribution in [1.29, 1.82) is 0 Å². The summed E-state index contributed by atoms with van der Waals surface area (Å²) >= 11 is 0. The molecule has 128 valence electrons. The molecule has 0 spiro atoms. The van der Waals surface area contributed by atoms with Gasteiger partial charge in [0.25, 0.3) is 0 Å². The van der Waals surface area contributed by atoms with Crippen molar-refractivity contribution in [2.45, 2.75) is 32.7 Å². The van der Waals surface area contributed by atoms with Crippen LogP contribution in [0.5, 0.6) is 0 Å². The molecule has 1 heterocycles. The molecule has 2 rings (SSSR count). The minimum atomic E-state index is -1.18. The lowest BCUT2D eigenvalue weighted by Crippen LogP contribution is -2.36. The fourth-order valence-corrected chi connectivity index (χ4v) is 2.29. The molecule has 0 bridgehead atoms. The standard InChI is InChI=1S/C18H22N2O4/c1-12-8-13(2)16(19-9-12)17(22)15(21)10-20-18(23)24-11-14-6-4-3-5-7-14/h3-9,15,17,21-22H,10-11H2,1-2H3,(H,20,23). The first-order chi connectivity index (χ1) is 11.5. The molecule has 1 amide bonds. The summed E-state index contributed by atoms with van der Waals surface area (Å²) in [5.41, 5.74) is 3.02. The summed E-state index contributed by atoms with van der Waals surface area (Å²) < 4.78 is 5.04. The molecular formula is C18H22N2O4. The van der Waals surface area contributed by atoms with Crippen molar-refractivity contribution in [3.05, 3.63) is 65.0 Å². The van der Waals surface area contributed by atoms with Gasteiger partial charge in [0.2, 0.25) is 0 Å². The number of nitrogens with zero attached hydrogens (tertiary/aromatic N) is 1. The van der Waals surface area contributed by atoms with Gasteiger partial charge in [-0.05, 0) is 30.5 Å². The monoisotopic (exact) mass is 330 g/mol. The molecule has 0 aliphatic carbocycles. The van der Waals surface area contributed by atoms with Crippen molar-refractivity contribution in [2.75, 3.05) is 6.54 Å². The topological polar surface area (TPSA) is 91.7 Å². The first-order valence-electron chi connectivity index (χ1n) is 7.71. The van der Waals surface area contributed by atoms with E-state index in [-0.39, 0.29) is 13.2 Å². The molecular weight excluding hydrogens is 308 g/mol.